The number of halogens is 3. The third-order valence-electron chi connectivity index (χ3n) is 2.22. The molecule has 5 heteroatoms. The Bertz CT molecular complexity index is 378. The van der Waals surface area contributed by atoms with Crippen LogP contribution < -0.4 is 5.32 Å². The van der Waals surface area contributed by atoms with Crippen molar-refractivity contribution in [3.8, 4) is 0 Å². The molecule has 0 atom stereocenters. The molecule has 1 rings (SSSR count). The molecule has 0 spiro atoms. The van der Waals surface area contributed by atoms with Crippen molar-refractivity contribution < 1.29 is 13.2 Å². The summed E-state index contributed by atoms with van der Waals surface area (Å²) in [6, 6.07) is 0.493. The van der Waals surface area contributed by atoms with E-state index < -0.39 is 23.1 Å². The van der Waals surface area contributed by atoms with E-state index in [0.717, 1.165) is 12.8 Å². The van der Waals surface area contributed by atoms with Crippen molar-refractivity contribution in [1.82, 2.24) is 4.98 Å². The van der Waals surface area contributed by atoms with Crippen LogP contribution in [0.15, 0.2) is 6.07 Å². The summed E-state index contributed by atoms with van der Waals surface area (Å²) in [6.07, 6.45) is 1.67. The molecule has 0 radical (unpaired) electrons. The lowest BCUT2D eigenvalue weighted by atomic mass is 9.99. The topological polar surface area (TPSA) is 24.9 Å². The van der Waals surface area contributed by atoms with Gasteiger partial charge in [-0.2, -0.15) is 9.37 Å². The third kappa shape index (κ3) is 3.12. The van der Waals surface area contributed by atoms with Crippen molar-refractivity contribution in [2.75, 3.05) is 5.32 Å². The zero-order chi connectivity index (χ0) is 12.3. The number of nitrogens with one attached hydrogen (secondary N) is 1. The lowest BCUT2D eigenvalue weighted by Crippen LogP contribution is -2.31. The van der Waals surface area contributed by atoms with E-state index in [2.05, 4.69) is 10.3 Å². The summed E-state index contributed by atoms with van der Waals surface area (Å²) >= 11 is 0. The molecule has 0 fully saturated rings. The Morgan fingerprint density at radius 3 is 2.44 bits per heavy atom. The van der Waals surface area contributed by atoms with Crippen LogP contribution in [-0.2, 0) is 0 Å². The molecule has 0 aromatic carbocycles. The number of hydrogen-bond donors (Lipinski definition) is 1. The number of hydrogen-bond acceptors (Lipinski definition) is 2. The second kappa shape index (κ2) is 4.72. The van der Waals surface area contributed by atoms with Gasteiger partial charge in [-0.1, -0.05) is 13.3 Å². The van der Waals surface area contributed by atoms with E-state index in [9.17, 15) is 13.2 Å². The molecular weight excluding hydrogens is 217 g/mol. The third-order valence-corrected chi connectivity index (χ3v) is 2.22. The summed E-state index contributed by atoms with van der Waals surface area (Å²) in [5, 5.41) is 2.76. The summed E-state index contributed by atoms with van der Waals surface area (Å²) in [4.78, 5) is 3.21. The second-order valence-corrected chi connectivity index (χ2v) is 4.35. The number of anilines is 1. The number of nitrogens with zero attached hydrogens (tertiary/aromatic N) is 1. The molecule has 16 heavy (non-hydrogen) atoms. The maximum absolute atomic E-state index is 13.3. The standard InChI is InChI=1S/C11H15F3N2/c1-4-5-11(2,3)16-10-8(13)6-7(12)9(14)15-10/h6H,4-5H2,1-3H3,(H,15,16). The molecule has 0 unspecified atom stereocenters. The SMILES string of the molecule is CCCC(C)(C)Nc1nc(F)c(F)cc1F. The molecule has 0 aliphatic rings. The van der Waals surface area contributed by atoms with Gasteiger partial charge in [-0.25, -0.2) is 8.78 Å². The first kappa shape index (κ1) is 12.8. The summed E-state index contributed by atoms with van der Waals surface area (Å²) < 4.78 is 38.7. The molecule has 2 nitrogen and oxygen atoms in total. The minimum atomic E-state index is -1.30. The van der Waals surface area contributed by atoms with Gasteiger partial charge in [0, 0.05) is 11.6 Å². The lowest BCUT2D eigenvalue weighted by Gasteiger charge is -2.26. The smallest absolute Gasteiger partial charge is 0.251 e. The van der Waals surface area contributed by atoms with E-state index in [4.69, 9.17) is 0 Å². The minimum absolute atomic E-state index is 0.252. The molecule has 90 valence electrons. The fraction of sp³-hybridized carbons (Fsp3) is 0.545. The van der Waals surface area contributed by atoms with E-state index in [1.165, 1.54) is 0 Å². The predicted molar refractivity (Wildman–Crippen MR) is 56.7 cm³/mol. The van der Waals surface area contributed by atoms with E-state index in [-0.39, 0.29) is 5.82 Å². The van der Waals surface area contributed by atoms with Crippen LogP contribution in [0.3, 0.4) is 0 Å². The van der Waals surface area contributed by atoms with Gasteiger partial charge in [0.2, 0.25) is 0 Å². The second-order valence-electron chi connectivity index (χ2n) is 4.35. The largest absolute Gasteiger partial charge is 0.363 e. The average molecular weight is 232 g/mol. The highest BCUT2D eigenvalue weighted by atomic mass is 19.2. The van der Waals surface area contributed by atoms with Crippen LogP contribution in [0.2, 0.25) is 0 Å². The molecular formula is C11H15F3N2. The van der Waals surface area contributed by atoms with Crippen LogP contribution >= 0.6 is 0 Å². The Kier molecular flexibility index (Phi) is 3.78. The number of rotatable bonds is 4. The molecule has 1 aromatic rings. The predicted octanol–water partition coefficient (Wildman–Crippen LogP) is 3.49. The maximum Gasteiger partial charge on any atom is 0.251 e. The van der Waals surface area contributed by atoms with Crippen LogP contribution in [0, 0.1) is 17.6 Å². The van der Waals surface area contributed by atoms with Crippen LogP contribution in [0.1, 0.15) is 33.6 Å². The Morgan fingerprint density at radius 2 is 1.88 bits per heavy atom. The van der Waals surface area contributed by atoms with E-state index in [1.54, 1.807) is 0 Å². The Balaban J connectivity index is 2.93. The van der Waals surface area contributed by atoms with Crippen molar-refractivity contribution in [2.45, 2.75) is 39.2 Å². The Labute approximate surface area is 92.9 Å². The van der Waals surface area contributed by atoms with Crippen molar-refractivity contribution in [3.05, 3.63) is 23.6 Å². The van der Waals surface area contributed by atoms with Gasteiger partial charge in [0.05, 0.1) is 0 Å². The fourth-order valence-electron chi connectivity index (χ4n) is 1.54. The monoisotopic (exact) mass is 232 g/mol. The summed E-state index contributed by atoms with van der Waals surface area (Å²) in [7, 11) is 0. The number of pyridine rings is 1. The highest BCUT2D eigenvalue weighted by Gasteiger charge is 2.20. The highest BCUT2D eigenvalue weighted by Crippen LogP contribution is 2.21. The molecule has 0 aliphatic heterocycles. The Morgan fingerprint density at radius 1 is 1.25 bits per heavy atom. The minimum Gasteiger partial charge on any atom is -0.363 e. The fourth-order valence-corrected chi connectivity index (χ4v) is 1.54. The summed E-state index contributed by atoms with van der Waals surface area (Å²) in [5.74, 6) is -3.71. The van der Waals surface area contributed by atoms with Crippen molar-refractivity contribution in [2.24, 2.45) is 0 Å². The molecule has 1 heterocycles. The van der Waals surface area contributed by atoms with Gasteiger partial charge in [0.25, 0.3) is 5.95 Å². The highest BCUT2D eigenvalue weighted by molar-refractivity contribution is 5.38. The van der Waals surface area contributed by atoms with Crippen LogP contribution in [-0.4, -0.2) is 10.5 Å². The normalized spacial score (nSPS) is 11.6. The van der Waals surface area contributed by atoms with Gasteiger partial charge >= 0.3 is 0 Å². The van der Waals surface area contributed by atoms with Gasteiger partial charge in [-0.05, 0) is 20.3 Å². The van der Waals surface area contributed by atoms with Crippen LogP contribution in [0.25, 0.3) is 0 Å². The maximum atomic E-state index is 13.3. The average Bonchev–Trinajstić information content (AvgIpc) is 2.13. The molecule has 1 aromatic heterocycles. The molecule has 0 saturated carbocycles. The van der Waals surface area contributed by atoms with Crippen molar-refractivity contribution >= 4 is 5.82 Å². The van der Waals surface area contributed by atoms with Gasteiger partial charge in [-0.15, -0.1) is 0 Å². The van der Waals surface area contributed by atoms with Gasteiger partial charge < -0.3 is 5.32 Å². The zero-order valence-corrected chi connectivity index (χ0v) is 9.57. The van der Waals surface area contributed by atoms with E-state index in [1.807, 2.05) is 20.8 Å². The number of aromatic nitrogens is 1. The van der Waals surface area contributed by atoms with E-state index in [0.29, 0.717) is 6.07 Å². The summed E-state index contributed by atoms with van der Waals surface area (Å²) in [5.41, 5.74) is -0.410. The quantitative estimate of drug-likeness (QED) is 0.804. The zero-order valence-electron chi connectivity index (χ0n) is 9.57. The van der Waals surface area contributed by atoms with Crippen molar-refractivity contribution in [3.63, 3.8) is 0 Å². The molecule has 0 bridgehead atoms. The first-order valence-corrected chi connectivity index (χ1v) is 5.15. The molecule has 0 amide bonds. The first-order chi connectivity index (χ1) is 7.35. The summed E-state index contributed by atoms with van der Waals surface area (Å²) in [6.45, 7) is 5.68. The first-order valence-electron chi connectivity index (χ1n) is 5.15. The van der Waals surface area contributed by atoms with Crippen molar-refractivity contribution in [1.29, 1.82) is 0 Å². The van der Waals surface area contributed by atoms with Crippen LogP contribution in [0.5, 0.6) is 0 Å². The van der Waals surface area contributed by atoms with Gasteiger partial charge in [-0.3, -0.25) is 0 Å². The Hall–Kier alpha value is -1.26. The van der Waals surface area contributed by atoms with E-state index >= 15 is 0 Å². The van der Waals surface area contributed by atoms with Gasteiger partial charge in [0.1, 0.15) is 0 Å². The van der Waals surface area contributed by atoms with Gasteiger partial charge in [0.15, 0.2) is 17.5 Å². The lowest BCUT2D eigenvalue weighted by molar-refractivity contribution is 0.457. The molecule has 0 saturated heterocycles. The molecule has 1 N–H and O–H groups in total. The molecule has 0 aliphatic carbocycles. The van der Waals surface area contributed by atoms with Crippen LogP contribution in [0.4, 0.5) is 19.0 Å².